The summed E-state index contributed by atoms with van der Waals surface area (Å²) in [6.45, 7) is 1.92. The van der Waals surface area contributed by atoms with E-state index in [9.17, 15) is 29.8 Å². The first-order valence-electron chi connectivity index (χ1n) is 14.0. The highest BCUT2D eigenvalue weighted by Gasteiger charge is 2.48. The Labute approximate surface area is 260 Å². The van der Waals surface area contributed by atoms with Crippen LogP contribution in [-0.4, -0.2) is 27.6 Å². The molecule has 1 aliphatic carbocycles. The zero-order valence-electron chi connectivity index (χ0n) is 23.5. The molecule has 1 aliphatic heterocycles. The molecule has 1 N–H and O–H groups in total. The number of amides is 3. The number of aryl methyl sites for hydroxylation is 1. The highest BCUT2D eigenvalue weighted by molar-refractivity contribution is 8.01. The van der Waals surface area contributed by atoms with Crippen LogP contribution in [0.1, 0.15) is 36.8 Å². The number of anilines is 2. The van der Waals surface area contributed by atoms with Gasteiger partial charge in [-0.25, -0.2) is 4.98 Å². The fourth-order valence-corrected chi connectivity index (χ4v) is 7.73. The number of thiazole rings is 1. The Bertz CT molecular complexity index is 1890. The zero-order valence-corrected chi connectivity index (χ0v) is 25.1. The molecule has 6 rings (SSSR count). The molecule has 1 saturated carbocycles. The normalized spacial score (nSPS) is 18.3. The second kappa shape index (κ2) is 12.0. The molecule has 1 saturated heterocycles. The van der Waals surface area contributed by atoms with Crippen LogP contribution >= 0.6 is 23.1 Å². The largest absolute Gasteiger partial charge is 0.321 e. The molecule has 44 heavy (non-hydrogen) atoms. The first kappa shape index (κ1) is 29.2. The van der Waals surface area contributed by atoms with E-state index in [2.05, 4.69) is 10.3 Å². The van der Waals surface area contributed by atoms with Crippen LogP contribution in [0.2, 0.25) is 0 Å². The Morgan fingerprint density at radius 2 is 1.80 bits per heavy atom. The van der Waals surface area contributed by atoms with Crippen molar-refractivity contribution < 1.29 is 19.3 Å². The van der Waals surface area contributed by atoms with Crippen molar-refractivity contribution in [3.05, 3.63) is 87.5 Å². The van der Waals surface area contributed by atoms with Crippen molar-refractivity contribution in [2.75, 3.05) is 10.2 Å². The third kappa shape index (κ3) is 5.71. The fraction of sp³-hybridized carbons (Fsp3) is 0.219. The van der Waals surface area contributed by atoms with E-state index in [1.807, 2.05) is 25.1 Å². The Kier molecular flexibility index (Phi) is 7.99. The summed E-state index contributed by atoms with van der Waals surface area (Å²) in [6, 6.07) is 18.7. The van der Waals surface area contributed by atoms with E-state index in [0.29, 0.717) is 31.7 Å². The molecule has 10 nitrogen and oxygen atoms in total. The highest BCUT2D eigenvalue weighted by Crippen LogP contribution is 2.43. The van der Waals surface area contributed by atoms with E-state index in [-0.39, 0.29) is 34.9 Å². The fourth-order valence-electron chi connectivity index (χ4n) is 5.59. The van der Waals surface area contributed by atoms with E-state index < -0.39 is 10.8 Å². The molecule has 2 atom stereocenters. The van der Waals surface area contributed by atoms with Crippen LogP contribution in [0.3, 0.4) is 0 Å². The third-order valence-electron chi connectivity index (χ3n) is 7.81. The van der Waals surface area contributed by atoms with Crippen LogP contribution < -0.4 is 10.2 Å². The maximum absolute atomic E-state index is 13.1. The first-order chi connectivity index (χ1) is 21.2. The van der Waals surface area contributed by atoms with Crippen LogP contribution in [0.15, 0.2) is 75.5 Å². The van der Waals surface area contributed by atoms with E-state index in [4.69, 9.17) is 0 Å². The number of imide groups is 1. The molecule has 220 valence electrons. The Morgan fingerprint density at radius 3 is 2.45 bits per heavy atom. The molecule has 2 heterocycles. The maximum Gasteiger partial charge on any atom is 0.283 e. The van der Waals surface area contributed by atoms with Crippen molar-refractivity contribution in [2.24, 2.45) is 11.8 Å². The lowest BCUT2D eigenvalue weighted by Crippen LogP contribution is -2.30. The van der Waals surface area contributed by atoms with Crippen molar-refractivity contribution in [3.8, 4) is 6.07 Å². The van der Waals surface area contributed by atoms with Gasteiger partial charge in [0.2, 0.25) is 11.8 Å². The second-order valence-corrected chi connectivity index (χ2v) is 13.0. The summed E-state index contributed by atoms with van der Waals surface area (Å²) >= 11 is 2.43. The molecule has 0 unspecified atom stereocenters. The minimum atomic E-state index is -0.623. The number of carbonyl (C=O) groups is 3. The van der Waals surface area contributed by atoms with Gasteiger partial charge in [0.1, 0.15) is 11.6 Å². The predicted octanol–water partition coefficient (Wildman–Crippen LogP) is 6.89. The van der Waals surface area contributed by atoms with Crippen molar-refractivity contribution in [1.29, 1.82) is 5.26 Å². The van der Waals surface area contributed by atoms with Gasteiger partial charge in [-0.15, -0.1) is 11.3 Å². The van der Waals surface area contributed by atoms with Gasteiger partial charge in [0.15, 0.2) is 4.34 Å². The second-order valence-electron chi connectivity index (χ2n) is 10.7. The van der Waals surface area contributed by atoms with Gasteiger partial charge in [-0.05, 0) is 67.8 Å². The summed E-state index contributed by atoms with van der Waals surface area (Å²) in [5.74, 6) is -1.40. The van der Waals surface area contributed by atoms with Gasteiger partial charge in [-0.1, -0.05) is 48.4 Å². The molecule has 4 aromatic rings. The van der Waals surface area contributed by atoms with Gasteiger partial charge >= 0.3 is 0 Å². The molecule has 1 aromatic heterocycles. The van der Waals surface area contributed by atoms with Gasteiger partial charge in [0, 0.05) is 11.8 Å². The van der Waals surface area contributed by atoms with Crippen molar-refractivity contribution in [1.82, 2.24) is 4.98 Å². The highest BCUT2D eigenvalue weighted by atomic mass is 32.2. The zero-order chi connectivity index (χ0) is 31.0. The van der Waals surface area contributed by atoms with Crippen molar-refractivity contribution in [3.63, 3.8) is 0 Å². The lowest BCUT2D eigenvalue weighted by molar-refractivity contribution is -0.387. The standard InChI is InChI=1S/C32H25N5O5S2/c1-18-6-9-21(10-7-18)34-29(38)20(17-33)14-19-8-13-27(26(15-19)37(41)42)43-32-35-25-12-11-22(16-28(25)44-32)36-30(39)23-4-2-3-5-24(23)31(36)40/h6-16,23-24H,2-5H2,1H3,(H,34,38)/b20-14+/t23-,24-/m1/s1. The van der Waals surface area contributed by atoms with Crippen LogP contribution in [0.4, 0.5) is 17.1 Å². The smallest absolute Gasteiger partial charge is 0.283 e. The molecule has 12 heteroatoms. The van der Waals surface area contributed by atoms with Gasteiger partial charge < -0.3 is 5.32 Å². The Balaban J connectivity index is 1.23. The summed E-state index contributed by atoms with van der Waals surface area (Å²) < 4.78 is 1.30. The topological polar surface area (TPSA) is 146 Å². The molecule has 2 fully saturated rings. The van der Waals surface area contributed by atoms with E-state index in [1.54, 1.807) is 42.5 Å². The molecule has 0 spiro atoms. The number of nitrogens with zero attached hydrogens (tertiary/aromatic N) is 4. The van der Waals surface area contributed by atoms with Crippen LogP contribution in [0.25, 0.3) is 16.3 Å². The summed E-state index contributed by atoms with van der Waals surface area (Å²) in [6.07, 6.45) is 4.69. The summed E-state index contributed by atoms with van der Waals surface area (Å²) in [7, 11) is 0. The van der Waals surface area contributed by atoms with Gasteiger partial charge in [0.25, 0.3) is 11.6 Å². The van der Waals surface area contributed by atoms with E-state index >= 15 is 0 Å². The van der Waals surface area contributed by atoms with Crippen molar-refractivity contribution in [2.45, 2.75) is 41.8 Å². The molecule has 3 amide bonds. The molecule has 0 bridgehead atoms. The van der Waals surface area contributed by atoms with E-state index in [1.165, 1.54) is 28.4 Å². The van der Waals surface area contributed by atoms with Crippen LogP contribution in [0, 0.1) is 40.2 Å². The molecule has 2 aliphatic rings. The summed E-state index contributed by atoms with van der Waals surface area (Å²) in [5.41, 5.74) is 2.65. The number of nitro benzene ring substituents is 1. The number of nitro groups is 1. The Morgan fingerprint density at radius 1 is 1.09 bits per heavy atom. The quantitative estimate of drug-likeness (QED) is 0.0770. The predicted molar refractivity (Wildman–Crippen MR) is 168 cm³/mol. The SMILES string of the molecule is Cc1ccc(NC(=O)/C(C#N)=C/c2ccc(Sc3nc4ccc(N5C(=O)[C@@H]6CCCC[C@H]6C5=O)cc4s3)c([N+](=O)[O-])c2)cc1. The number of hydrogen-bond donors (Lipinski definition) is 1. The lowest BCUT2D eigenvalue weighted by atomic mass is 9.81. The number of rotatable bonds is 7. The molecular weight excluding hydrogens is 599 g/mol. The maximum atomic E-state index is 13.1. The first-order valence-corrected chi connectivity index (χ1v) is 15.6. The van der Waals surface area contributed by atoms with Crippen LogP contribution in [-0.2, 0) is 14.4 Å². The minimum Gasteiger partial charge on any atom is -0.321 e. The van der Waals surface area contributed by atoms with Crippen molar-refractivity contribution >= 4 is 74.2 Å². The number of fused-ring (bicyclic) bond motifs is 2. The minimum absolute atomic E-state index is 0.143. The number of nitriles is 1. The monoisotopic (exact) mass is 623 g/mol. The number of benzene rings is 3. The third-order valence-corrected chi connectivity index (χ3v) is 9.96. The number of nitrogens with one attached hydrogen (secondary N) is 1. The molecule has 0 radical (unpaired) electrons. The molecule has 3 aromatic carbocycles. The number of aromatic nitrogens is 1. The molecular formula is C32H25N5O5S2. The number of hydrogen-bond acceptors (Lipinski definition) is 9. The average molecular weight is 624 g/mol. The van der Waals surface area contributed by atoms with Gasteiger partial charge in [0.05, 0.1) is 37.6 Å². The van der Waals surface area contributed by atoms with Crippen LogP contribution in [0.5, 0.6) is 0 Å². The van der Waals surface area contributed by atoms with Gasteiger partial charge in [-0.3, -0.25) is 29.4 Å². The summed E-state index contributed by atoms with van der Waals surface area (Å²) in [5, 5.41) is 24.2. The number of carbonyl (C=O) groups excluding carboxylic acids is 3. The lowest BCUT2D eigenvalue weighted by Gasteiger charge is -2.19. The Hall–Kier alpha value is -4.86. The summed E-state index contributed by atoms with van der Waals surface area (Å²) in [4.78, 5) is 56.5. The van der Waals surface area contributed by atoms with E-state index in [0.717, 1.165) is 47.7 Å². The average Bonchev–Trinajstić information content (AvgIpc) is 3.54. The van der Waals surface area contributed by atoms with Gasteiger partial charge in [-0.2, -0.15) is 5.26 Å².